The van der Waals surface area contributed by atoms with E-state index in [4.69, 9.17) is 5.73 Å². The summed E-state index contributed by atoms with van der Waals surface area (Å²) < 4.78 is 26.2. The van der Waals surface area contributed by atoms with Gasteiger partial charge in [0.1, 0.15) is 5.00 Å². The number of nitrogens with zero attached hydrogens (tertiary/aromatic N) is 1. The molecule has 5 nitrogen and oxygen atoms in total. The van der Waals surface area contributed by atoms with Gasteiger partial charge < -0.3 is 11.1 Å². The van der Waals surface area contributed by atoms with Crippen LogP contribution in [0.4, 0.5) is 13.8 Å². The second kappa shape index (κ2) is 5.11. The molecule has 2 aromatic heterocycles. The van der Waals surface area contributed by atoms with Crippen LogP contribution in [0, 0.1) is 11.8 Å². The van der Waals surface area contributed by atoms with Gasteiger partial charge in [0.15, 0.2) is 5.82 Å². The van der Waals surface area contributed by atoms with Crippen molar-refractivity contribution in [3.8, 4) is 0 Å². The number of carbonyl (C=O) groups excluding carboxylic acids is 2. The van der Waals surface area contributed by atoms with E-state index in [0.29, 0.717) is 0 Å². The molecule has 0 fully saturated rings. The first kappa shape index (κ1) is 13.1. The van der Waals surface area contributed by atoms with Gasteiger partial charge in [-0.15, -0.1) is 11.3 Å². The molecule has 19 heavy (non-hydrogen) atoms. The number of amides is 2. The van der Waals surface area contributed by atoms with Crippen LogP contribution in [0.25, 0.3) is 0 Å². The Labute approximate surface area is 110 Å². The number of halogens is 2. The highest BCUT2D eigenvalue weighted by Crippen LogP contribution is 2.23. The Morgan fingerprint density at radius 1 is 1.26 bits per heavy atom. The first-order chi connectivity index (χ1) is 9.00. The average molecular weight is 283 g/mol. The van der Waals surface area contributed by atoms with Crippen molar-refractivity contribution in [3.05, 3.63) is 46.6 Å². The summed E-state index contributed by atoms with van der Waals surface area (Å²) in [4.78, 5) is 25.9. The Hall–Kier alpha value is -2.35. The smallest absolute Gasteiger partial charge is 0.259 e. The third kappa shape index (κ3) is 2.58. The number of nitrogens with two attached hydrogens (primary N) is 1. The minimum absolute atomic E-state index is 0.105. The molecule has 0 aliphatic rings. The van der Waals surface area contributed by atoms with Gasteiger partial charge in [0.25, 0.3) is 11.8 Å². The van der Waals surface area contributed by atoms with Gasteiger partial charge in [-0.05, 0) is 17.5 Å². The number of primary amides is 1. The van der Waals surface area contributed by atoms with Crippen LogP contribution >= 0.6 is 11.3 Å². The lowest BCUT2D eigenvalue weighted by molar-refractivity contribution is 0.100. The largest absolute Gasteiger partial charge is 0.366 e. The number of nitrogens with one attached hydrogen (secondary N) is 1. The Morgan fingerprint density at radius 2 is 2.00 bits per heavy atom. The maximum atomic E-state index is 13.4. The summed E-state index contributed by atoms with van der Waals surface area (Å²) in [6.07, 6.45) is 0.969. The summed E-state index contributed by atoms with van der Waals surface area (Å²) in [6, 6.07) is 2.46. The third-order valence-electron chi connectivity index (χ3n) is 2.25. The number of thiophene rings is 1. The monoisotopic (exact) mass is 283 g/mol. The molecule has 0 aliphatic carbocycles. The van der Waals surface area contributed by atoms with E-state index in [1.807, 2.05) is 0 Å². The number of carbonyl (C=O) groups is 2. The normalized spacial score (nSPS) is 10.2. The maximum Gasteiger partial charge on any atom is 0.259 e. The van der Waals surface area contributed by atoms with Gasteiger partial charge in [-0.1, -0.05) is 0 Å². The molecule has 8 heteroatoms. The van der Waals surface area contributed by atoms with E-state index < -0.39 is 29.1 Å². The molecule has 0 unspecified atom stereocenters. The number of aromatic nitrogens is 1. The molecule has 0 saturated heterocycles. The van der Waals surface area contributed by atoms with Gasteiger partial charge in [0.2, 0.25) is 5.95 Å². The molecule has 0 bridgehead atoms. The van der Waals surface area contributed by atoms with Crippen LogP contribution in [0.2, 0.25) is 0 Å². The molecule has 2 amide bonds. The molecule has 0 atom stereocenters. The Balaban J connectivity index is 2.29. The lowest BCUT2D eigenvalue weighted by Gasteiger charge is -2.05. The van der Waals surface area contributed by atoms with E-state index in [-0.39, 0.29) is 10.6 Å². The fraction of sp³-hybridized carbons (Fsp3) is 0. The van der Waals surface area contributed by atoms with E-state index >= 15 is 0 Å². The fourth-order valence-corrected chi connectivity index (χ4v) is 2.15. The summed E-state index contributed by atoms with van der Waals surface area (Å²) in [6.45, 7) is 0. The van der Waals surface area contributed by atoms with Crippen molar-refractivity contribution in [2.24, 2.45) is 5.73 Å². The van der Waals surface area contributed by atoms with E-state index in [0.717, 1.165) is 23.6 Å². The standard InChI is InChI=1S/C11H7F2N3O2S/c12-7-5(1-3-15-8(7)13)10(18)16-11-6(9(14)17)2-4-19-11/h1-4H,(H2,14,17)(H,16,18). The predicted molar refractivity (Wildman–Crippen MR) is 64.9 cm³/mol. The lowest BCUT2D eigenvalue weighted by Crippen LogP contribution is -2.18. The van der Waals surface area contributed by atoms with Crippen molar-refractivity contribution in [1.29, 1.82) is 0 Å². The van der Waals surface area contributed by atoms with Gasteiger partial charge in [0.05, 0.1) is 11.1 Å². The van der Waals surface area contributed by atoms with Gasteiger partial charge >= 0.3 is 0 Å². The summed E-state index contributed by atoms with van der Waals surface area (Å²) >= 11 is 1.05. The molecule has 3 N–H and O–H groups in total. The molecule has 2 aromatic rings. The molecule has 0 radical (unpaired) electrons. The van der Waals surface area contributed by atoms with Gasteiger partial charge in [-0.25, -0.2) is 9.37 Å². The van der Waals surface area contributed by atoms with E-state index in [2.05, 4.69) is 10.3 Å². The van der Waals surface area contributed by atoms with Crippen molar-refractivity contribution in [1.82, 2.24) is 4.98 Å². The van der Waals surface area contributed by atoms with Crippen molar-refractivity contribution < 1.29 is 18.4 Å². The first-order valence-electron chi connectivity index (χ1n) is 4.99. The Bertz CT molecular complexity index is 657. The van der Waals surface area contributed by atoms with Gasteiger partial charge in [0, 0.05) is 6.20 Å². The highest BCUT2D eigenvalue weighted by Gasteiger charge is 2.18. The summed E-state index contributed by atoms with van der Waals surface area (Å²) in [5, 5.41) is 4.02. The Kier molecular flexibility index (Phi) is 3.52. The Morgan fingerprint density at radius 3 is 2.68 bits per heavy atom. The number of hydrogen-bond donors (Lipinski definition) is 2. The van der Waals surface area contributed by atoms with Crippen LogP contribution in [-0.4, -0.2) is 16.8 Å². The summed E-state index contributed by atoms with van der Waals surface area (Å²) in [5.74, 6) is -4.33. The number of rotatable bonds is 3. The van der Waals surface area contributed by atoms with Crippen LogP contribution in [-0.2, 0) is 0 Å². The van der Waals surface area contributed by atoms with E-state index in [9.17, 15) is 18.4 Å². The van der Waals surface area contributed by atoms with Crippen LogP contribution < -0.4 is 11.1 Å². The number of anilines is 1. The number of hydrogen-bond acceptors (Lipinski definition) is 4. The highest BCUT2D eigenvalue weighted by atomic mass is 32.1. The molecular formula is C11H7F2N3O2S. The zero-order valence-electron chi connectivity index (χ0n) is 9.31. The average Bonchev–Trinajstić information content (AvgIpc) is 2.80. The van der Waals surface area contributed by atoms with Crippen LogP contribution in [0.3, 0.4) is 0 Å². The molecular weight excluding hydrogens is 276 g/mol. The van der Waals surface area contributed by atoms with E-state index in [1.165, 1.54) is 6.07 Å². The quantitative estimate of drug-likeness (QED) is 0.842. The van der Waals surface area contributed by atoms with Crippen LogP contribution in [0.5, 0.6) is 0 Å². The number of pyridine rings is 1. The minimum atomic E-state index is -1.37. The van der Waals surface area contributed by atoms with Crippen molar-refractivity contribution in [2.75, 3.05) is 5.32 Å². The SMILES string of the molecule is NC(=O)c1ccsc1NC(=O)c1ccnc(F)c1F. The van der Waals surface area contributed by atoms with Crippen molar-refractivity contribution in [2.45, 2.75) is 0 Å². The molecule has 0 aliphatic heterocycles. The minimum Gasteiger partial charge on any atom is -0.366 e. The molecule has 98 valence electrons. The molecule has 0 aromatic carbocycles. The summed E-state index contributed by atoms with van der Waals surface area (Å²) in [5.41, 5.74) is 4.70. The van der Waals surface area contributed by atoms with Gasteiger partial charge in [-0.2, -0.15) is 4.39 Å². The highest BCUT2D eigenvalue weighted by molar-refractivity contribution is 7.14. The zero-order valence-corrected chi connectivity index (χ0v) is 10.1. The fourth-order valence-electron chi connectivity index (χ4n) is 1.36. The second-order valence-corrected chi connectivity index (χ2v) is 4.36. The lowest BCUT2D eigenvalue weighted by atomic mass is 10.2. The molecule has 2 heterocycles. The maximum absolute atomic E-state index is 13.4. The first-order valence-corrected chi connectivity index (χ1v) is 5.87. The third-order valence-corrected chi connectivity index (χ3v) is 3.08. The molecule has 2 rings (SSSR count). The van der Waals surface area contributed by atoms with Crippen LogP contribution in [0.15, 0.2) is 23.7 Å². The van der Waals surface area contributed by atoms with E-state index in [1.54, 1.807) is 5.38 Å². The molecule has 0 saturated carbocycles. The topological polar surface area (TPSA) is 85.1 Å². The second-order valence-electron chi connectivity index (χ2n) is 3.45. The molecule has 0 spiro atoms. The summed E-state index contributed by atoms with van der Waals surface area (Å²) in [7, 11) is 0. The van der Waals surface area contributed by atoms with Crippen molar-refractivity contribution >= 4 is 28.2 Å². The van der Waals surface area contributed by atoms with Crippen LogP contribution in [0.1, 0.15) is 20.7 Å². The zero-order chi connectivity index (χ0) is 14.0. The van der Waals surface area contributed by atoms with Crippen molar-refractivity contribution in [3.63, 3.8) is 0 Å². The predicted octanol–water partition coefficient (Wildman–Crippen LogP) is 1.77. The van der Waals surface area contributed by atoms with Gasteiger partial charge in [-0.3, -0.25) is 9.59 Å².